The summed E-state index contributed by atoms with van der Waals surface area (Å²) in [6.07, 6.45) is -0.0162. The molecule has 6 heteroatoms. The van der Waals surface area contributed by atoms with Crippen LogP contribution in [0.3, 0.4) is 0 Å². The van der Waals surface area contributed by atoms with Crippen molar-refractivity contribution >= 4 is 17.6 Å². The van der Waals surface area contributed by atoms with Crippen LogP contribution >= 0.6 is 11.6 Å². The van der Waals surface area contributed by atoms with E-state index >= 15 is 0 Å². The predicted octanol–water partition coefficient (Wildman–Crippen LogP) is 1.66. The van der Waals surface area contributed by atoms with Gasteiger partial charge in [0.05, 0.1) is 7.11 Å². The molecule has 0 radical (unpaired) electrons. The van der Waals surface area contributed by atoms with Gasteiger partial charge in [-0.3, -0.25) is 4.79 Å². The summed E-state index contributed by atoms with van der Waals surface area (Å²) in [7, 11) is 1.19. The minimum absolute atomic E-state index is 0.0162. The number of methoxy groups -OCH3 is 1. The Bertz CT molecular complexity index is 389. The molecule has 0 aromatic heterocycles. The number of esters is 1. The third-order valence-corrected chi connectivity index (χ3v) is 2.36. The Balaban J connectivity index is 2.86. The van der Waals surface area contributed by atoms with Gasteiger partial charge in [0.1, 0.15) is 22.7 Å². The second-order valence-electron chi connectivity index (χ2n) is 3.21. The molecule has 0 fully saturated rings. The van der Waals surface area contributed by atoms with Gasteiger partial charge in [-0.15, -0.1) is 0 Å². The Hall–Kier alpha value is -1.20. The molecule has 88 valence electrons. The largest absolute Gasteiger partial charge is 0.468 e. The van der Waals surface area contributed by atoms with E-state index in [1.54, 1.807) is 0 Å². The molecule has 1 atom stereocenters. The highest BCUT2D eigenvalue weighted by Gasteiger charge is 2.16. The summed E-state index contributed by atoms with van der Waals surface area (Å²) in [6.45, 7) is 0. The summed E-state index contributed by atoms with van der Waals surface area (Å²) < 4.78 is 30.5. The van der Waals surface area contributed by atoms with Crippen molar-refractivity contribution in [1.82, 2.24) is 0 Å². The van der Waals surface area contributed by atoms with Gasteiger partial charge in [0, 0.05) is 0 Å². The molecule has 0 amide bonds. The first-order valence-electron chi connectivity index (χ1n) is 4.42. The van der Waals surface area contributed by atoms with E-state index in [4.69, 9.17) is 17.3 Å². The fourth-order valence-electron chi connectivity index (χ4n) is 1.21. The maximum Gasteiger partial charge on any atom is 0.322 e. The van der Waals surface area contributed by atoms with Crippen LogP contribution in [0.2, 0.25) is 5.02 Å². The molecule has 0 unspecified atom stereocenters. The van der Waals surface area contributed by atoms with E-state index in [1.807, 2.05) is 0 Å². The lowest BCUT2D eigenvalue weighted by atomic mass is 10.1. The number of hydrogen-bond acceptors (Lipinski definition) is 3. The van der Waals surface area contributed by atoms with Crippen molar-refractivity contribution in [2.24, 2.45) is 5.73 Å². The highest BCUT2D eigenvalue weighted by molar-refractivity contribution is 6.30. The zero-order valence-corrected chi connectivity index (χ0v) is 9.22. The normalized spacial score (nSPS) is 12.3. The van der Waals surface area contributed by atoms with E-state index < -0.39 is 28.7 Å². The maximum atomic E-state index is 13.0. The molecule has 0 spiro atoms. The van der Waals surface area contributed by atoms with Crippen LogP contribution in [-0.2, 0) is 16.0 Å². The molecule has 0 aliphatic carbocycles. The SMILES string of the molecule is COC(=O)[C@H](N)Cc1cc(F)c(Cl)c(F)c1. The summed E-state index contributed by atoms with van der Waals surface area (Å²) >= 11 is 5.30. The zero-order chi connectivity index (χ0) is 12.3. The molecule has 0 heterocycles. The Kier molecular flexibility index (Phi) is 4.20. The molecular weight excluding hydrogens is 240 g/mol. The summed E-state index contributed by atoms with van der Waals surface area (Å²) in [6, 6.07) is 1.12. The van der Waals surface area contributed by atoms with E-state index in [9.17, 15) is 13.6 Å². The average Bonchev–Trinajstić information content (AvgIpc) is 2.24. The number of carbonyl (C=O) groups excluding carboxylic acids is 1. The number of ether oxygens (including phenoxy) is 1. The summed E-state index contributed by atoms with van der Waals surface area (Å²) in [4.78, 5) is 11.0. The van der Waals surface area contributed by atoms with E-state index in [0.717, 1.165) is 12.1 Å². The highest BCUT2D eigenvalue weighted by atomic mass is 35.5. The lowest BCUT2D eigenvalue weighted by Gasteiger charge is -2.09. The molecular formula is C10H10ClF2NO2. The van der Waals surface area contributed by atoms with E-state index in [2.05, 4.69) is 4.74 Å². The Labute approximate surface area is 96.1 Å². The first-order chi connectivity index (χ1) is 7.45. The lowest BCUT2D eigenvalue weighted by Crippen LogP contribution is -2.33. The second kappa shape index (κ2) is 5.23. The van der Waals surface area contributed by atoms with E-state index in [1.165, 1.54) is 7.11 Å². The quantitative estimate of drug-likeness (QED) is 0.655. The van der Waals surface area contributed by atoms with Crippen molar-refractivity contribution in [1.29, 1.82) is 0 Å². The van der Waals surface area contributed by atoms with Crippen LogP contribution in [0.15, 0.2) is 12.1 Å². The van der Waals surface area contributed by atoms with Crippen LogP contribution in [0.25, 0.3) is 0 Å². The molecule has 0 saturated carbocycles. The molecule has 0 bridgehead atoms. The molecule has 1 aromatic rings. The van der Waals surface area contributed by atoms with Gasteiger partial charge in [0.25, 0.3) is 0 Å². The van der Waals surface area contributed by atoms with Gasteiger partial charge in [-0.1, -0.05) is 11.6 Å². The van der Waals surface area contributed by atoms with Crippen molar-refractivity contribution in [3.63, 3.8) is 0 Å². The number of benzene rings is 1. The highest BCUT2D eigenvalue weighted by Crippen LogP contribution is 2.21. The average molecular weight is 250 g/mol. The molecule has 3 nitrogen and oxygen atoms in total. The number of halogens is 3. The van der Waals surface area contributed by atoms with Crippen molar-refractivity contribution in [2.45, 2.75) is 12.5 Å². The molecule has 16 heavy (non-hydrogen) atoms. The fourth-order valence-corrected chi connectivity index (χ4v) is 1.32. The fraction of sp³-hybridized carbons (Fsp3) is 0.300. The van der Waals surface area contributed by atoms with Crippen molar-refractivity contribution < 1.29 is 18.3 Å². The summed E-state index contributed by atoms with van der Waals surface area (Å²) in [5.41, 5.74) is 5.69. The molecule has 0 aliphatic heterocycles. The molecule has 2 N–H and O–H groups in total. The first kappa shape index (κ1) is 12.9. The number of hydrogen-bond donors (Lipinski definition) is 1. The van der Waals surface area contributed by atoms with Crippen LogP contribution in [0.4, 0.5) is 8.78 Å². The van der Waals surface area contributed by atoms with Gasteiger partial charge in [-0.2, -0.15) is 0 Å². The van der Waals surface area contributed by atoms with Crippen molar-refractivity contribution in [3.8, 4) is 0 Å². The first-order valence-corrected chi connectivity index (χ1v) is 4.80. The smallest absolute Gasteiger partial charge is 0.322 e. The minimum atomic E-state index is -0.954. The monoisotopic (exact) mass is 249 g/mol. The number of carbonyl (C=O) groups is 1. The molecule has 1 rings (SSSR count). The zero-order valence-electron chi connectivity index (χ0n) is 8.47. The van der Waals surface area contributed by atoms with Gasteiger partial charge in [-0.25, -0.2) is 8.78 Å². The van der Waals surface area contributed by atoms with Crippen LogP contribution in [0.1, 0.15) is 5.56 Å². The molecule has 0 aliphatic rings. The van der Waals surface area contributed by atoms with Crippen molar-refractivity contribution in [3.05, 3.63) is 34.4 Å². The van der Waals surface area contributed by atoms with Gasteiger partial charge in [0.2, 0.25) is 0 Å². The Morgan fingerprint density at radius 3 is 2.44 bits per heavy atom. The molecule has 1 aromatic carbocycles. The number of nitrogens with two attached hydrogens (primary N) is 1. The van der Waals surface area contributed by atoms with E-state index in [-0.39, 0.29) is 12.0 Å². The van der Waals surface area contributed by atoms with Crippen LogP contribution in [0.5, 0.6) is 0 Å². The third-order valence-electron chi connectivity index (χ3n) is 2.00. The maximum absolute atomic E-state index is 13.0. The van der Waals surface area contributed by atoms with Gasteiger partial charge < -0.3 is 10.5 Å². The predicted molar refractivity (Wildman–Crippen MR) is 55.1 cm³/mol. The van der Waals surface area contributed by atoms with Crippen LogP contribution in [-0.4, -0.2) is 19.1 Å². The Morgan fingerprint density at radius 2 is 2.00 bits per heavy atom. The third kappa shape index (κ3) is 2.90. The standard InChI is InChI=1S/C10H10ClF2NO2/c1-16-10(15)8(14)4-5-2-6(12)9(11)7(13)3-5/h2-3,8H,4,14H2,1H3/t8-/m1/s1. The summed E-state index contributed by atoms with van der Waals surface area (Å²) in [5, 5.41) is -0.574. The van der Waals surface area contributed by atoms with Gasteiger partial charge in [-0.05, 0) is 24.1 Å². The second-order valence-corrected chi connectivity index (χ2v) is 3.59. The lowest BCUT2D eigenvalue weighted by molar-refractivity contribution is -0.142. The van der Waals surface area contributed by atoms with Crippen molar-refractivity contribution in [2.75, 3.05) is 7.11 Å². The molecule has 0 saturated heterocycles. The Morgan fingerprint density at radius 1 is 1.50 bits per heavy atom. The summed E-state index contributed by atoms with van der Waals surface area (Å²) in [5.74, 6) is -2.40. The van der Waals surface area contributed by atoms with Gasteiger partial charge >= 0.3 is 5.97 Å². The number of rotatable bonds is 3. The van der Waals surface area contributed by atoms with E-state index in [0.29, 0.717) is 0 Å². The topological polar surface area (TPSA) is 52.3 Å². The van der Waals surface area contributed by atoms with Crippen LogP contribution in [0, 0.1) is 11.6 Å². The van der Waals surface area contributed by atoms with Crippen LogP contribution < -0.4 is 5.73 Å². The minimum Gasteiger partial charge on any atom is -0.468 e. The van der Waals surface area contributed by atoms with Gasteiger partial charge in [0.15, 0.2) is 0 Å².